The minimum atomic E-state index is -0.680. The van der Waals surface area contributed by atoms with E-state index in [9.17, 15) is 9.59 Å². The van der Waals surface area contributed by atoms with Crippen LogP contribution in [0.1, 0.15) is 54.0 Å². The van der Waals surface area contributed by atoms with Gasteiger partial charge < -0.3 is 18.8 Å². The van der Waals surface area contributed by atoms with Gasteiger partial charge in [-0.15, -0.1) is 0 Å². The topological polar surface area (TPSA) is 84.5 Å². The predicted molar refractivity (Wildman–Crippen MR) is 117 cm³/mol. The molecule has 2 aliphatic heterocycles. The number of carbonyl (C=O) groups is 2. The van der Waals surface area contributed by atoms with Crippen molar-refractivity contribution in [3.63, 3.8) is 0 Å². The van der Waals surface area contributed by atoms with Crippen LogP contribution in [0.25, 0.3) is 0 Å². The lowest BCUT2D eigenvalue weighted by Gasteiger charge is -2.27. The molecule has 5 heterocycles. The monoisotopic (exact) mass is 433 g/mol. The van der Waals surface area contributed by atoms with Gasteiger partial charge in [0.15, 0.2) is 5.76 Å². The normalized spacial score (nSPS) is 23.1. The molecule has 3 aromatic rings. The van der Waals surface area contributed by atoms with Crippen molar-refractivity contribution in [2.75, 3.05) is 19.6 Å². The van der Waals surface area contributed by atoms with E-state index in [-0.39, 0.29) is 23.8 Å². The summed E-state index contributed by atoms with van der Waals surface area (Å²) in [6, 6.07) is 7.51. The molecule has 0 aliphatic carbocycles. The van der Waals surface area contributed by atoms with Crippen LogP contribution in [0.15, 0.2) is 59.9 Å². The maximum atomic E-state index is 13.8. The second-order valence-electron chi connectivity index (χ2n) is 9.05. The fourth-order valence-electron chi connectivity index (χ4n) is 5.00. The Balaban J connectivity index is 1.47. The summed E-state index contributed by atoms with van der Waals surface area (Å²) in [5.74, 6) is 0.0397. The summed E-state index contributed by atoms with van der Waals surface area (Å²) < 4.78 is 7.40. The van der Waals surface area contributed by atoms with Gasteiger partial charge in [0, 0.05) is 56.7 Å². The molecule has 2 amide bonds. The van der Waals surface area contributed by atoms with Gasteiger partial charge in [0.25, 0.3) is 5.91 Å². The molecule has 0 radical (unpaired) electrons. The Labute approximate surface area is 186 Å². The quantitative estimate of drug-likeness (QED) is 0.617. The summed E-state index contributed by atoms with van der Waals surface area (Å²) in [4.78, 5) is 39.4. The second kappa shape index (κ2) is 7.93. The molecule has 8 heteroatoms. The van der Waals surface area contributed by atoms with Gasteiger partial charge in [0.1, 0.15) is 0 Å². The van der Waals surface area contributed by atoms with Crippen LogP contribution in [0.4, 0.5) is 0 Å². The third-order valence-electron chi connectivity index (χ3n) is 6.77. The van der Waals surface area contributed by atoms with E-state index in [1.54, 1.807) is 29.4 Å². The van der Waals surface area contributed by atoms with Gasteiger partial charge in [-0.25, -0.2) is 4.98 Å². The van der Waals surface area contributed by atoms with E-state index in [2.05, 4.69) is 23.8 Å². The number of hydrogen-bond donors (Lipinski definition) is 0. The first kappa shape index (κ1) is 20.5. The van der Waals surface area contributed by atoms with Gasteiger partial charge in [0.2, 0.25) is 5.91 Å². The van der Waals surface area contributed by atoms with E-state index in [1.807, 2.05) is 34.1 Å². The Hall–Kier alpha value is -3.42. The molecule has 0 bridgehead atoms. The van der Waals surface area contributed by atoms with Crippen molar-refractivity contribution >= 4 is 11.8 Å². The van der Waals surface area contributed by atoms with E-state index in [1.165, 1.54) is 6.26 Å². The largest absolute Gasteiger partial charge is 0.459 e. The molecule has 3 aromatic heterocycles. The maximum absolute atomic E-state index is 13.8. The van der Waals surface area contributed by atoms with Crippen molar-refractivity contribution in [3.8, 4) is 0 Å². The van der Waals surface area contributed by atoms with Crippen LogP contribution in [-0.2, 0) is 11.3 Å². The summed E-state index contributed by atoms with van der Waals surface area (Å²) in [6.45, 7) is 6.18. The summed E-state index contributed by atoms with van der Waals surface area (Å²) in [6.07, 6.45) is 9.55. The molecule has 8 nitrogen and oxygen atoms in total. The summed E-state index contributed by atoms with van der Waals surface area (Å²) in [5, 5.41) is 0. The molecular formula is C24H27N5O3. The summed E-state index contributed by atoms with van der Waals surface area (Å²) in [7, 11) is 0. The fourth-order valence-corrected chi connectivity index (χ4v) is 5.00. The highest BCUT2D eigenvalue weighted by atomic mass is 16.3. The smallest absolute Gasteiger partial charge is 0.289 e. The fraction of sp³-hybridized carbons (Fsp3) is 0.417. The van der Waals surface area contributed by atoms with Crippen molar-refractivity contribution in [1.29, 1.82) is 0 Å². The second-order valence-corrected chi connectivity index (χ2v) is 9.05. The molecule has 2 unspecified atom stereocenters. The average Bonchev–Trinajstić information content (AvgIpc) is 3.58. The third kappa shape index (κ3) is 3.39. The lowest BCUT2D eigenvalue weighted by molar-refractivity contribution is -0.136. The van der Waals surface area contributed by atoms with E-state index in [0.29, 0.717) is 38.4 Å². The zero-order valence-corrected chi connectivity index (χ0v) is 18.3. The zero-order chi connectivity index (χ0) is 22.3. The van der Waals surface area contributed by atoms with Crippen LogP contribution in [0.2, 0.25) is 0 Å². The molecule has 2 atom stereocenters. The molecule has 5 rings (SSSR count). The van der Waals surface area contributed by atoms with Gasteiger partial charge in [-0.3, -0.25) is 14.6 Å². The molecule has 0 aromatic carbocycles. The highest BCUT2D eigenvalue weighted by Gasteiger charge is 2.58. The molecule has 0 N–H and O–H groups in total. The molecular weight excluding hydrogens is 406 g/mol. The molecule has 1 spiro atoms. The minimum Gasteiger partial charge on any atom is -0.459 e. The number of pyridine rings is 1. The number of carbonyl (C=O) groups excluding carboxylic acids is 2. The van der Waals surface area contributed by atoms with Gasteiger partial charge in [0.05, 0.1) is 23.7 Å². The van der Waals surface area contributed by atoms with E-state index in [0.717, 1.165) is 11.3 Å². The van der Waals surface area contributed by atoms with Gasteiger partial charge in [-0.05, 0) is 44.0 Å². The number of imidazole rings is 1. The highest BCUT2D eigenvalue weighted by Crippen LogP contribution is 2.50. The van der Waals surface area contributed by atoms with Crippen molar-refractivity contribution in [2.45, 2.75) is 38.8 Å². The molecule has 166 valence electrons. The van der Waals surface area contributed by atoms with Crippen LogP contribution in [0.5, 0.6) is 0 Å². The van der Waals surface area contributed by atoms with E-state index in [4.69, 9.17) is 4.42 Å². The van der Waals surface area contributed by atoms with Crippen molar-refractivity contribution in [2.24, 2.45) is 5.41 Å². The Morgan fingerprint density at radius 3 is 2.88 bits per heavy atom. The lowest BCUT2D eigenvalue weighted by Crippen LogP contribution is -2.40. The van der Waals surface area contributed by atoms with Crippen LogP contribution >= 0.6 is 0 Å². The molecule has 32 heavy (non-hydrogen) atoms. The van der Waals surface area contributed by atoms with E-state index < -0.39 is 5.41 Å². The number of rotatable bonds is 5. The van der Waals surface area contributed by atoms with Gasteiger partial charge >= 0.3 is 0 Å². The molecule has 2 aliphatic rings. The number of aromatic nitrogens is 3. The maximum Gasteiger partial charge on any atom is 0.289 e. The first-order valence-corrected chi connectivity index (χ1v) is 11.0. The van der Waals surface area contributed by atoms with Crippen molar-refractivity contribution in [1.82, 2.24) is 24.3 Å². The van der Waals surface area contributed by atoms with Crippen molar-refractivity contribution < 1.29 is 14.0 Å². The Morgan fingerprint density at radius 2 is 2.19 bits per heavy atom. The molecule has 0 saturated carbocycles. The predicted octanol–water partition coefficient (Wildman–Crippen LogP) is 3.11. The number of nitrogens with zero attached hydrogens (tertiary/aromatic N) is 5. The first-order chi connectivity index (χ1) is 15.5. The zero-order valence-electron chi connectivity index (χ0n) is 18.3. The van der Waals surface area contributed by atoms with Crippen LogP contribution in [0.3, 0.4) is 0 Å². The van der Waals surface area contributed by atoms with Crippen LogP contribution < -0.4 is 0 Å². The number of likely N-dealkylation sites (tertiary alicyclic amines) is 2. The summed E-state index contributed by atoms with van der Waals surface area (Å²) >= 11 is 0. The third-order valence-corrected chi connectivity index (χ3v) is 6.77. The summed E-state index contributed by atoms with van der Waals surface area (Å²) in [5.41, 5.74) is 1.19. The number of amides is 2. The average molecular weight is 434 g/mol. The first-order valence-electron chi connectivity index (χ1n) is 11.0. The van der Waals surface area contributed by atoms with E-state index >= 15 is 0 Å². The SMILES string of the molecule is CC(C)n1cnc(C2CN(C(=O)c3ccco3)CC23CCN(Cc2cccnc2)C3=O)c1. The van der Waals surface area contributed by atoms with Gasteiger partial charge in [-0.2, -0.15) is 0 Å². The minimum absolute atomic E-state index is 0.0835. The standard InChI is InChI=1S/C24H27N5O3/c1-17(2)29-14-20(26-16-29)19-13-28(22(30)21-6-4-10-32-21)15-24(19)7-9-27(23(24)31)12-18-5-3-8-25-11-18/h3-6,8,10-11,14,16-17,19H,7,9,12-13,15H2,1-2H3. The van der Waals surface area contributed by atoms with Crippen LogP contribution in [0, 0.1) is 5.41 Å². The van der Waals surface area contributed by atoms with Gasteiger partial charge in [-0.1, -0.05) is 6.07 Å². The Bertz CT molecular complexity index is 1110. The molecule has 2 saturated heterocycles. The molecule has 2 fully saturated rings. The Kier molecular flexibility index (Phi) is 5.07. The number of hydrogen-bond acceptors (Lipinski definition) is 5. The number of furan rings is 1. The Morgan fingerprint density at radius 1 is 1.31 bits per heavy atom. The lowest BCUT2D eigenvalue weighted by atomic mass is 9.75. The highest BCUT2D eigenvalue weighted by molar-refractivity contribution is 5.94. The van der Waals surface area contributed by atoms with Crippen molar-refractivity contribution in [3.05, 3.63) is 72.5 Å². The van der Waals surface area contributed by atoms with Crippen LogP contribution in [-0.4, -0.2) is 55.8 Å².